The van der Waals surface area contributed by atoms with E-state index in [1.54, 1.807) is 0 Å². The van der Waals surface area contributed by atoms with Crippen molar-refractivity contribution in [1.29, 1.82) is 0 Å². The Labute approximate surface area is 114 Å². The van der Waals surface area contributed by atoms with Crippen molar-refractivity contribution in [2.24, 2.45) is 5.92 Å². The highest BCUT2D eigenvalue weighted by atomic mass is 16.3. The number of hydrogen-bond donors (Lipinski definition) is 1. The van der Waals surface area contributed by atoms with Crippen LogP contribution in [0.2, 0.25) is 0 Å². The highest BCUT2D eigenvalue weighted by Crippen LogP contribution is 2.54. The summed E-state index contributed by atoms with van der Waals surface area (Å²) < 4.78 is 5.91. The third-order valence-electron chi connectivity index (χ3n) is 4.14. The molecule has 1 heterocycles. The summed E-state index contributed by atoms with van der Waals surface area (Å²) >= 11 is 0. The number of aryl methyl sites for hydroxylation is 1. The maximum Gasteiger partial charge on any atom is 0.121 e. The van der Waals surface area contributed by atoms with Crippen molar-refractivity contribution in [3.63, 3.8) is 0 Å². The van der Waals surface area contributed by atoms with Crippen LogP contribution in [0.3, 0.4) is 0 Å². The Hall–Kier alpha value is -1.54. The maximum absolute atomic E-state index is 5.91. The average Bonchev–Trinajstić information content (AvgIpc) is 3.10. The fraction of sp³-hybridized carbons (Fsp3) is 0.412. The van der Waals surface area contributed by atoms with Crippen molar-refractivity contribution in [3.8, 4) is 0 Å². The molecule has 3 unspecified atom stereocenters. The standard InChI is InChI=1S/C17H21NO/c1-3-13-9-10-16(19-13)17(18-2)15-11-14(15)12-7-5-4-6-8-12/h4-10,14-15,17-18H,3,11H2,1-2H3. The molecular weight excluding hydrogens is 234 g/mol. The highest BCUT2D eigenvalue weighted by Gasteiger charge is 2.44. The second-order valence-corrected chi connectivity index (χ2v) is 5.34. The van der Waals surface area contributed by atoms with E-state index in [0.717, 1.165) is 17.9 Å². The van der Waals surface area contributed by atoms with Crippen LogP contribution < -0.4 is 5.32 Å². The van der Waals surface area contributed by atoms with Gasteiger partial charge in [0.1, 0.15) is 11.5 Å². The molecule has 1 fully saturated rings. The zero-order chi connectivity index (χ0) is 13.2. The van der Waals surface area contributed by atoms with E-state index in [0.29, 0.717) is 17.9 Å². The predicted octanol–water partition coefficient (Wildman–Crippen LogP) is 3.91. The van der Waals surface area contributed by atoms with Gasteiger partial charge in [0.2, 0.25) is 0 Å². The molecule has 0 saturated heterocycles. The van der Waals surface area contributed by atoms with Crippen LogP contribution in [0, 0.1) is 5.92 Å². The molecule has 1 aromatic heterocycles. The SMILES string of the molecule is CCc1ccc(C(NC)C2CC2c2ccccc2)o1. The summed E-state index contributed by atoms with van der Waals surface area (Å²) in [7, 11) is 2.03. The van der Waals surface area contributed by atoms with Gasteiger partial charge in [-0.25, -0.2) is 0 Å². The molecule has 2 heteroatoms. The number of furan rings is 1. The van der Waals surface area contributed by atoms with Gasteiger partial charge < -0.3 is 9.73 Å². The number of nitrogens with one attached hydrogen (secondary N) is 1. The molecule has 0 amide bonds. The molecule has 2 nitrogen and oxygen atoms in total. The van der Waals surface area contributed by atoms with E-state index in [9.17, 15) is 0 Å². The van der Waals surface area contributed by atoms with Crippen LogP contribution in [0.5, 0.6) is 0 Å². The zero-order valence-electron chi connectivity index (χ0n) is 11.6. The van der Waals surface area contributed by atoms with Crippen LogP contribution in [0.15, 0.2) is 46.9 Å². The topological polar surface area (TPSA) is 25.2 Å². The van der Waals surface area contributed by atoms with Crippen LogP contribution in [0.4, 0.5) is 0 Å². The summed E-state index contributed by atoms with van der Waals surface area (Å²) in [6.45, 7) is 2.13. The number of benzene rings is 1. The van der Waals surface area contributed by atoms with E-state index in [1.165, 1.54) is 12.0 Å². The van der Waals surface area contributed by atoms with Gasteiger partial charge in [-0.1, -0.05) is 37.3 Å². The molecule has 0 bridgehead atoms. The fourth-order valence-corrected chi connectivity index (χ4v) is 2.99. The van der Waals surface area contributed by atoms with Gasteiger partial charge in [-0.15, -0.1) is 0 Å². The van der Waals surface area contributed by atoms with Crippen LogP contribution >= 0.6 is 0 Å². The van der Waals surface area contributed by atoms with E-state index in [-0.39, 0.29) is 0 Å². The lowest BCUT2D eigenvalue weighted by molar-refractivity contribution is 0.381. The summed E-state index contributed by atoms with van der Waals surface area (Å²) in [6.07, 6.45) is 2.21. The van der Waals surface area contributed by atoms with Gasteiger partial charge in [0.25, 0.3) is 0 Å². The molecule has 0 aliphatic heterocycles. The molecule has 2 aromatic rings. The molecule has 1 aliphatic rings. The first-order valence-corrected chi connectivity index (χ1v) is 7.14. The minimum absolute atomic E-state index is 0.338. The Bertz CT molecular complexity index is 531. The average molecular weight is 255 g/mol. The molecule has 19 heavy (non-hydrogen) atoms. The molecule has 1 aliphatic carbocycles. The van der Waals surface area contributed by atoms with Gasteiger partial charge in [-0.2, -0.15) is 0 Å². The number of rotatable bonds is 5. The second kappa shape index (κ2) is 5.22. The monoisotopic (exact) mass is 255 g/mol. The van der Waals surface area contributed by atoms with Crippen molar-refractivity contribution in [1.82, 2.24) is 5.32 Å². The lowest BCUT2D eigenvalue weighted by Gasteiger charge is -2.13. The van der Waals surface area contributed by atoms with Gasteiger partial charge in [0.15, 0.2) is 0 Å². The Balaban J connectivity index is 1.75. The molecule has 100 valence electrons. The lowest BCUT2D eigenvalue weighted by Crippen LogP contribution is -2.18. The molecule has 1 saturated carbocycles. The van der Waals surface area contributed by atoms with E-state index in [4.69, 9.17) is 4.42 Å². The first-order valence-electron chi connectivity index (χ1n) is 7.14. The summed E-state index contributed by atoms with van der Waals surface area (Å²) in [6, 6.07) is 15.4. The fourth-order valence-electron chi connectivity index (χ4n) is 2.99. The summed E-state index contributed by atoms with van der Waals surface area (Å²) in [5, 5.41) is 3.42. The minimum Gasteiger partial charge on any atom is -0.464 e. The molecule has 1 aromatic carbocycles. The first kappa shape index (κ1) is 12.5. The molecule has 3 rings (SSSR count). The lowest BCUT2D eigenvalue weighted by atomic mass is 10.0. The van der Waals surface area contributed by atoms with E-state index < -0.39 is 0 Å². The Morgan fingerprint density at radius 1 is 1.21 bits per heavy atom. The Morgan fingerprint density at radius 2 is 2.00 bits per heavy atom. The van der Waals surface area contributed by atoms with Gasteiger partial charge >= 0.3 is 0 Å². The van der Waals surface area contributed by atoms with Crippen molar-refractivity contribution in [2.45, 2.75) is 31.7 Å². The first-order chi connectivity index (χ1) is 9.33. The smallest absolute Gasteiger partial charge is 0.121 e. The third-order valence-corrected chi connectivity index (χ3v) is 4.14. The van der Waals surface area contributed by atoms with Crippen LogP contribution in [0.25, 0.3) is 0 Å². The Kier molecular flexibility index (Phi) is 3.43. The number of hydrogen-bond acceptors (Lipinski definition) is 2. The van der Waals surface area contributed by atoms with Crippen LogP contribution in [0.1, 0.15) is 42.4 Å². The largest absolute Gasteiger partial charge is 0.464 e. The normalized spacial score (nSPS) is 23.3. The van der Waals surface area contributed by atoms with Crippen molar-refractivity contribution < 1.29 is 4.42 Å². The van der Waals surface area contributed by atoms with Gasteiger partial charge in [-0.05, 0) is 43.0 Å². The summed E-state index contributed by atoms with van der Waals surface area (Å²) in [4.78, 5) is 0. The molecular formula is C17H21NO. The molecule has 0 spiro atoms. The Morgan fingerprint density at radius 3 is 2.63 bits per heavy atom. The quantitative estimate of drug-likeness (QED) is 0.876. The van der Waals surface area contributed by atoms with Crippen LogP contribution in [-0.4, -0.2) is 7.05 Å². The minimum atomic E-state index is 0.338. The van der Waals surface area contributed by atoms with E-state index in [1.807, 2.05) is 7.05 Å². The highest BCUT2D eigenvalue weighted by molar-refractivity contribution is 5.28. The van der Waals surface area contributed by atoms with E-state index >= 15 is 0 Å². The predicted molar refractivity (Wildman–Crippen MR) is 77.2 cm³/mol. The second-order valence-electron chi connectivity index (χ2n) is 5.34. The summed E-state index contributed by atoms with van der Waals surface area (Å²) in [5.41, 5.74) is 1.45. The van der Waals surface area contributed by atoms with Gasteiger partial charge in [0.05, 0.1) is 6.04 Å². The van der Waals surface area contributed by atoms with Crippen molar-refractivity contribution in [2.75, 3.05) is 7.05 Å². The van der Waals surface area contributed by atoms with E-state index in [2.05, 4.69) is 54.7 Å². The maximum atomic E-state index is 5.91. The van der Waals surface area contributed by atoms with Crippen molar-refractivity contribution in [3.05, 3.63) is 59.5 Å². The van der Waals surface area contributed by atoms with Crippen molar-refractivity contribution >= 4 is 0 Å². The van der Waals surface area contributed by atoms with Gasteiger partial charge in [-0.3, -0.25) is 0 Å². The third kappa shape index (κ3) is 2.45. The van der Waals surface area contributed by atoms with Crippen LogP contribution in [-0.2, 0) is 6.42 Å². The molecule has 3 atom stereocenters. The summed E-state index contributed by atoms with van der Waals surface area (Å²) in [5.74, 6) is 3.49. The zero-order valence-corrected chi connectivity index (χ0v) is 11.6. The van der Waals surface area contributed by atoms with Gasteiger partial charge in [0, 0.05) is 6.42 Å². The molecule has 0 radical (unpaired) electrons. The molecule has 1 N–H and O–H groups in total.